The predicted octanol–water partition coefficient (Wildman–Crippen LogP) is 4.50. The van der Waals surface area contributed by atoms with E-state index < -0.39 is 0 Å². The van der Waals surface area contributed by atoms with Gasteiger partial charge in [-0.15, -0.1) is 0 Å². The zero-order valence-corrected chi connectivity index (χ0v) is 13.1. The molecule has 0 saturated carbocycles. The molecule has 0 aromatic heterocycles. The molecular formula is C19H20N2O2. The second-order valence-electron chi connectivity index (χ2n) is 5.58. The molecule has 3 rings (SSSR count). The van der Waals surface area contributed by atoms with E-state index in [0.717, 1.165) is 30.4 Å². The van der Waals surface area contributed by atoms with Crippen molar-refractivity contribution in [1.29, 1.82) is 0 Å². The van der Waals surface area contributed by atoms with Gasteiger partial charge in [-0.1, -0.05) is 12.1 Å². The third kappa shape index (κ3) is 4.48. The third-order valence-electron chi connectivity index (χ3n) is 3.90. The summed E-state index contributed by atoms with van der Waals surface area (Å²) in [5, 5.41) is 0. The van der Waals surface area contributed by atoms with Crippen LogP contribution < -0.4 is 9.47 Å². The third-order valence-corrected chi connectivity index (χ3v) is 3.90. The number of hydrogen-bond acceptors (Lipinski definition) is 3. The molecule has 1 saturated heterocycles. The second kappa shape index (κ2) is 7.66. The van der Waals surface area contributed by atoms with E-state index in [2.05, 4.69) is 9.74 Å². The van der Waals surface area contributed by atoms with Gasteiger partial charge in [0.15, 0.2) is 5.69 Å². The molecule has 0 atom stereocenters. The van der Waals surface area contributed by atoms with Gasteiger partial charge in [0.1, 0.15) is 23.9 Å². The van der Waals surface area contributed by atoms with Crippen molar-refractivity contribution in [1.82, 2.24) is 4.90 Å². The van der Waals surface area contributed by atoms with E-state index in [1.165, 1.54) is 25.9 Å². The van der Waals surface area contributed by atoms with Crippen molar-refractivity contribution in [3.05, 3.63) is 59.9 Å². The lowest BCUT2D eigenvalue weighted by Crippen LogP contribution is -2.25. The summed E-state index contributed by atoms with van der Waals surface area (Å²) in [6.07, 6.45) is 2.62. The summed E-state index contributed by atoms with van der Waals surface area (Å²) in [5.74, 6) is 2.34. The van der Waals surface area contributed by atoms with Crippen LogP contribution in [0, 0.1) is 6.57 Å². The van der Waals surface area contributed by atoms with Crippen LogP contribution >= 0.6 is 0 Å². The van der Waals surface area contributed by atoms with Crippen molar-refractivity contribution in [3.63, 3.8) is 0 Å². The lowest BCUT2D eigenvalue weighted by Gasteiger charge is -2.15. The van der Waals surface area contributed by atoms with E-state index in [0.29, 0.717) is 5.69 Å². The van der Waals surface area contributed by atoms with Crippen molar-refractivity contribution in [2.24, 2.45) is 0 Å². The number of rotatable bonds is 6. The Bertz CT molecular complexity index is 653. The predicted molar refractivity (Wildman–Crippen MR) is 90.4 cm³/mol. The molecule has 2 aromatic carbocycles. The maximum atomic E-state index is 6.94. The lowest BCUT2D eigenvalue weighted by molar-refractivity contribution is 0.237. The van der Waals surface area contributed by atoms with E-state index in [1.807, 2.05) is 24.3 Å². The van der Waals surface area contributed by atoms with Gasteiger partial charge < -0.3 is 9.47 Å². The summed E-state index contributed by atoms with van der Waals surface area (Å²) < 4.78 is 11.5. The van der Waals surface area contributed by atoms with Crippen molar-refractivity contribution >= 4 is 5.69 Å². The molecule has 2 aromatic rings. The van der Waals surface area contributed by atoms with Crippen molar-refractivity contribution < 1.29 is 9.47 Å². The molecule has 1 fully saturated rings. The zero-order valence-electron chi connectivity index (χ0n) is 13.1. The van der Waals surface area contributed by atoms with Crippen LogP contribution in [0.25, 0.3) is 4.85 Å². The summed E-state index contributed by atoms with van der Waals surface area (Å²) in [4.78, 5) is 5.80. The fourth-order valence-corrected chi connectivity index (χ4v) is 2.63. The number of nitrogens with zero attached hydrogens (tertiary/aromatic N) is 2. The highest BCUT2D eigenvalue weighted by atomic mass is 16.5. The summed E-state index contributed by atoms with van der Waals surface area (Å²) >= 11 is 0. The van der Waals surface area contributed by atoms with E-state index in [-0.39, 0.29) is 0 Å². The standard InChI is InChI=1S/C19H20N2O2/c1-20-16-4-6-18(7-5-16)23-19-10-8-17(9-11-19)22-15-14-21-12-2-3-13-21/h4-11H,2-3,12-15H2. The summed E-state index contributed by atoms with van der Waals surface area (Å²) in [6.45, 7) is 11.0. The molecule has 4 nitrogen and oxygen atoms in total. The summed E-state index contributed by atoms with van der Waals surface area (Å²) in [7, 11) is 0. The largest absolute Gasteiger partial charge is 0.492 e. The first-order chi connectivity index (χ1) is 11.3. The van der Waals surface area contributed by atoms with Crippen LogP contribution in [-0.4, -0.2) is 31.1 Å². The van der Waals surface area contributed by atoms with Gasteiger partial charge in [0, 0.05) is 6.54 Å². The van der Waals surface area contributed by atoms with Gasteiger partial charge in [0.05, 0.1) is 6.57 Å². The minimum atomic E-state index is 0.610. The fourth-order valence-electron chi connectivity index (χ4n) is 2.63. The topological polar surface area (TPSA) is 26.1 Å². The van der Waals surface area contributed by atoms with Crippen LogP contribution in [0.3, 0.4) is 0 Å². The first-order valence-electron chi connectivity index (χ1n) is 7.94. The highest BCUT2D eigenvalue weighted by molar-refractivity contribution is 5.48. The van der Waals surface area contributed by atoms with Gasteiger partial charge in [-0.25, -0.2) is 4.85 Å². The van der Waals surface area contributed by atoms with Crippen LogP contribution in [0.4, 0.5) is 5.69 Å². The number of ether oxygens (including phenoxy) is 2. The fraction of sp³-hybridized carbons (Fsp3) is 0.316. The maximum absolute atomic E-state index is 6.94. The van der Waals surface area contributed by atoms with E-state index in [4.69, 9.17) is 16.0 Å². The molecule has 0 N–H and O–H groups in total. The van der Waals surface area contributed by atoms with Crippen LogP contribution in [0.5, 0.6) is 17.2 Å². The number of likely N-dealkylation sites (tertiary alicyclic amines) is 1. The highest BCUT2D eigenvalue weighted by Gasteiger charge is 2.10. The average Bonchev–Trinajstić information content (AvgIpc) is 3.11. The van der Waals surface area contributed by atoms with Crippen LogP contribution in [0.2, 0.25) is 0 Å². The molecule has 4 heteroatoms. The smallest absolute Gasteiger partial charge is 0.187 e. The Kier molecular flexibility index (Phi) is 5.13. The average molecular weight is 308 g/mol. The Morgan fingerprint density at radius 1 is 0.870 bits per heavy atom. The Morgan fingerprint density at radius 3 is 2.04 bits per heavy atom. The molecule has 0 radical (unpaired) electrons. The summed E-state index contributed by atoms with van der Waals surface area (Å²) in [6, 6.07) is 14.7. The minimum Gasteiger partial charge on any atom is -0.492 e. The molecular weight excluding hydrogens is 288 g/mol. The Labute approximate surface area is 137 Å². The van der Waals surface area contributed by atoms with Gasteiger partial charge in [0.25, 0.3) is 0 Å². The molecule has 0 amide bonds. The number of benzene rings is 2. The molecule has 1 aliphatic rings. The SMILES string of the molecule is [C-]#[N+]c1ccc(Oc2ccc(OCCN3CCCC3)cc2)cc1. The molecule has 23 heavy (non-hydrogen) atoms. The highest BCUT2D eigenvalue weighted by Crippen LogP contribution is 2.25. The van der Waals surface area contributed by atoms with E-state index in [9.17, 15) is 0 Å². The Hall–Kier alpha value is -2.51. The molecule has 1 heterocycles. The second-order valence-corrected chi connectivity index (χ2v) is 5.58. The molecule has 0 unspecified atom stereocenters. The van der Waals surface area contributed by atoms with E-state index in [1.54, 1.807) is 24.3 Å². The Balaban J connectivity index is 1.49. The van der Waals surface area contributed by atoms with E-state index >= 15 is 0 Å². The quantitative estimate of drug-likeness (QED) is 0.735. The molecule has 0 spiro atoms. The molecule has 0 bridgehead atoms. The van der Waals surface area contributed by atoms with Crippen LogP contribution in [-0.2, 0) is 0 Å². The van der Waals surface area contributed by atoms with Gasteiger partial charge in [-0.3, -0.25) is 4.90 Å². The monoisotopic (exact) mass is 308 g/mol. The Morgan fingerprint density at radius 2 is 1.43 bits per heavy atom. The first kappa shape index (κ1) is 15.4. The normalized spacial score (nSPS) is 14.4. The van der Waals surface area contributed by atoms with Crippen LogP contribution in [0.1, 0.15) is 12.8 Å². The molecule has 118 valence electrons. The van der Waals surface area contributed by atoms with Crippen LogP contribution in [0.15, 0.2) is 48.5 Å². The van der Waals surface area contributed by atoms with Crippen molar-refractivity contribution in [3.8, 4) is 17.2 Å². The molecule has 1 aliphatic heterocycles. The maximum Gasteiger partial charge on any atom is 0.187 e. The zero-order chi connectivity index (χ0) is 15.9. The number of hydrogen-bond donors (Lipinski definition) is 0. The molecule has 0 aliphatic carbocycles. The van der Waals surface area contributed by atoms with Gasteiger partial charge in [-0.2, -0.15) is 0 Å². The van der Waals surface area contributed by atoms with Gasteiger partial charge >= 0.3 is 0 Å². The first-order valence-corrected chi connectivity index (χ1v) is 7.94. The van der Waals surface area contributed by atoms with Gasteiger partial charge in [-0.05, 0) is 62.3 Å². The van der Waals surface area contributed by atoms with Gasteiger partial charge in [0.2, 0.25) is 0 Å². The lowest BCUT2D eigenvalue weighted by atomic mass is 10.3. The minimum absolute atomic E-state index is 0.610. The van der Waals surface area contributed by atoms with Crippen molar-refractivity contribution in [2.75, 3.05) is 26.2 Å². The summed E-state index contributed by atoms with van der Waals surface area (Å²) in [5.41, 5.74) is 0.610. The van der Waals surface area contributed by atoms with Crippen molar-refractivity contribution in [2.45, 2.75) is 12.8 Å².